The Hall–Kier alpha value is -3.64. The molecule has 1 aliphatic heterocycles. The lowest BCUT2D eigenvalue weighted by Gasteiger charge is -2.30. The first kappa shape index (κ1) is 25.0. The number of nitrogens with one attached hydrogen (secondary N) is 2. The van der Waals surface area contributed by atoms with Gasteiger partial charge < -0.3 is 16.0 Å². The van der Waals surface area contributed by atoms with Crippen LogP contribution in [-0.4, -0.2) is 24.2 Å². The number of anilines is 1. The van der Waals surface area contributed by atoms with Crippen molar-refractivity contribution in [3.05, 3.63) is 101 Å². The normalized spacial score (nSPS) is 12.3. The number of carbonyl (C=O) groups excluding carboxylic acids is 2. The van der Waals surface area contributed by atoms with Gasteiger partial charge in [0.15, 0.2) is 0 Å². The first-order valence-electron chi connectivity index (χ1n) is 11.2. The van der Waals surface area contributed by atoms with Crippen molar-refractivity contribution in [1.82, 2.24) is 5.32 Å². The maximum absolute atomic E-state index is 13.0. The Labute approximate surface area is 206 Å². The number of rotatable bonds is 7. The molecule has 0 atom stereocenters. The maximum atomic E-state index is 13.0. The summed E-state index contributed by atoms with van der Waals surface area (Å²) in [4.78, 5) is 27.5. The van der Waals surface area contributed by atoms with Gasteiger partial charge in [0.05, 0.1) is 0 Å². The molecule has 7 heteroatoms. The molecular formula is C27H29ClN4O2. The summed E-state index contributed by atoms with van der Waals surface area (Å²) in [6, 6.07) is 22.9. The van der Waals surface area contributed by atoms with E-state index in [9.17, 15) is 9.59 Å². The van der Waals surface area contributed by atoms with E-state index in [2.05, 4.69) is 5.32 Å². The number of amidine groups is 1. The lowest BCUT2D eigenvalue weighted by atomic mass is 9.98. The van der Waals surface area contributed by atoms with Gasteiger partial charge in [-0.1, -0.05) is 54.6 Å². The molecule has 0 aliphatic carbocycles. The van der Waals surface area contributed by atoms with Crippen molar-refractivity contribution in [2.45, 2.75) is 32.2 Å². The van der Waals surface area contributed by atoms with Crippen LogP contribution in [0.4, 0.5) is 5.69 Å². The summed E-state index contributed by atoms with van der Waals surface area (Å²) in [6.07, 6.45) is 2.76. The minimum absolute atomic E-state index is 0. The Kier molecular flexibility index (Phi) is 8.44. The van der Waals surface area contributed by atoms with E-state index in [1.54, 1.807) is 6.07 Å². The fourth-order valence-corrected chi connectivity index (χ4v) is 4.11. The average Bonchev–Trinajstić information content (AvgIpc) is 2.86. The van der Waals surface area contributed by atoms with E-state index >= 15 is 0 Å². The Morgan fingerprint density at radius 3 is 2.35 bits per heavy atom. The SMILES string of the molecule is Cl.N=C(N)c1ccc(CCC(=O)N2CCCc3cc(C(=O)NCc4ccccc4)ccc32)cc1. The van der Waals surface area contributed by atoms with Crippen LogP contribution in [0.2, 0.25) is 0 Å². The van der Waals surface area contributed by atoms with Gasteiger partial charge in [-0.2, -0.15) is 0 Å². The molecule has 176 valence electrons. The number of nitrogens with zero attached hydrogens (tertiary/aromatic N) is 1. The summed E-state index contributed by atoms with van der Waals surface area (Å²) in [6.45, 7) is 1.17. The zero-order valence-electron chi connectivity index (χ0n) is 18.9. The molecule has 4 N–H and O–H groups in total. The van der Waals surface area contributed by atoms with Gasteiger partial charge in [-0.25, -0.2) is 0 Å². The molecule has 6 nitrogen and oxygen atoms in total. The molecular weight excluding hydrogens is 448 g/mol. The molecule has 1 heterocycles. The highest BCUT2D eigenvalue weighted by Gasteiger charge is 2.23. The van der Waals surface area contributed by atoms with Crippen LogP contribution in [0.3, 0.4) is 0 Å². The Morgan fingerprint density at radius 1 is 0.941 bits per heavy atom. The third-order valence-corrected chi connectivity index (χ3v) is 5.95. The van der Waals surface area contributed by atoms with E-state index in [4.69, 9.17) is 11.1 Å². The minimum atomic E-state index is -0.112. The number of hydrogen-bond donors (Lipinski definition) is 3. The van der Waals surface area contributed by atoms with Crippen LogP contribution >= 0.6 is 12.4 Å². The standard InChI is InChI=1S/C27H28N4O2.ClH/c28-26(29)21-11-8-19(9-12-21)10-15-25(32)31-16-4-7-22-17-23(13-14-24(22)31)27(33)30-18-20-5-2-1-3-6-20;/h1-3,5-6,8-9,11-14,17H,4,7,10,15-16,18H2,(H3,28,29)(H,30,33);1H. The summed E-state index contributed by atoms with van der Waals surface area (Å²) >= 11 is 0. The van der Waals surface area contributed by atoms with Crippen molar-refractivity contribution in [1.29, 1.82) is 5.41 Å². The summed E-state index contributed by atoms with van der Waals surface area (Å²) in [5.41, 5.74) is 10.8. The van der Waals surface area contributed by atoms with Gasteiger partial charge in [-0.05, 0) is 54.2 Å². The molecule has 4 rings (SSSR count). The zero-order chi connectivity index (χ0) is 23.2. The number of amides is 2. The fraction of sp³-hybridized carbons (Fsp3) is 0.222. The lowest BCUT2D eigenvalue weighted by Crippen LogP contribution is -2.35. The van der Waals surface area contributed by atoms with Gasteiger partial charge in [-0.15, -0.1) is 12.4 Å². The van der Waals surface area contributed by atoms with E-state index in [1.165, 1.54) is 0 Å². The first-order chi connectivity index (χ1) is 16.0. The van der Waals surface area contributed by atoms with Crippen molar-refractivity contribution < 1.29 is 9.59 Å². The van der Waals surface area contributed by atoms with Gasteiger partial charge in [0.2, 0.25) is 5.91 Å². The van der Waals surface area contributed by atoms with Crippen molar-refractivity contribution in [2.75, 3.05) is 11.4 Å². The molecule has 0 aromatic heterocycles. The highest BCUT2D eigenvalue weighted by Crippen LogP contribution is 2.29. The molecule has 0 saturated carbocycles. The number of nitrogens with two attached hydrogens (primary N) is 1. The van der Waals surface area contributed by atoms with Gasteiger partial charge in [-0.3, -0.25) is 15.0 Å². The Morgan fingerprint density at radius 2 is 1.65 bits per heavy atom. The lowest BCUT2D eigenvalue weighted by molar-refractivity contribution is -0.118. The van der Waals surface area contributed by atoms with E-state index in [1.807, 2.05) is 71.6 Å². The molecule has 0 unspecified atom stereocenters. The molecule has 0 radical (unpaired) electrons. The highest BCUT2D eigenvalue weighted by atomic mass is 35.5. The monoisotopic (exact) mass is 476 g/mol. The number of carbonyl (C=O) groups is 2. The van der Waals surface area contributed by atoms with Crippen LogP contribution in [0.1, 0.15) is 45.5 Å². The molecule has 0 fully saturated rings. The molecule has 3 aromatic rings. The third-order valence-electron chi connectivity index (χ3n) is 5.95. The molecule has 0 saturated heterocycles. The molecule has 3 aromatic carbocycles. The van der Waals surface area contributed by atoms with E-state index in [0.29, 0.717) is 37.1 Å². The predicted octanol–water partition coefficient (Wildman–Crippen LogP) is 4.23. The Bertz CT molecular complexity index is 1160. The quantitative estimate of drug-likeness (QED) is 0.351. The van der Waals surface area contributed by atoms with Crippen molar-refractivity contribution >= 4 is 35.7 Å². The first-order valence-corrected chi connectivity index (χ1v) is 11.2. The van der Waals surface area contributed by atoms with Gasteiger partial charge >= 0.3 is 0 Å². The smallest absolute Gasteiger partial charge is 0.251 e. The molecule has 2 amide bonds. The highest BCUT2D eigenvalue weighted by molar-refractivity contribution is 5.98. The van der Waals surface area contributed by atoms with Gasteiger partial charge in [0, 0.05) is 36.3 Å². The van der Waals surface area contributed by atoms with E-state index in [0.717, 1.165) is 35.2 Å². The summed E-state index contributed by atoms with van der Waals surface area (Å²) in [5, 5.41) is 10.4. The summed E-state index contributed by atoms with van der Waals surface area (Å²) in [7, 11) is 0. The average molecular weight is 477 g/mol. The minimum Gasteiger partial charge on any atom is -0.384 e. The fourth-order valence-electron chi connectivity index (χ4n) is 4.11. The van der Waals surface area contributed by atoms with Crippen molar-refractivity contribution in [3.8, 4) is 0 Å². The second-order valence-electron chi connectivity index (χ2n) is 8.27. The maximum Gasteiger partial charge on any atom is 0.251 e. The summed E-state index contributed by atoms with van der Waals surface area (Å²) < 4.78 is 0. The molecule has 0 spiro atoms. The number of benzene rings is 3. The van der Waals surface area contributed by atoms with Crippen LogP contribution in [-0.2, 0) is 24.2 Å². The summed E-state index contributed by atoms with van der Waals surface area (Å²) in [5.74, 6) is 0.00245. The van der Waals surface area contributed by atoms with Crippen LogP contribution in [0.15, 0.2) is 72.8 Å². The number of fused-ring (bicyclic) bond motifs is 1. The number of hydrogen-bond acceptors (Lipinski definition) is 3. The predicted molar refractivity (Wildman–Crippen MR) is 138 cm³/mol. The number of nitrogen functional groups attached to an aromatic ring is 1. The topological polar surface area (TPSA) is 99.3 Å². The van der Waals surface area contributed by atoms with Crippen LogP contribution in [0.5, 0.6) is 0 Å². The van der Waals surface area contributed by atoms with E-state index < -0.39 is 0 Å². The van der Waals surface area contributed by atoms with Crippen LogP contribution < -0.4 is 16.0 Å². The second kappa shape index (κ2) is 11.5. The second-order valence-corrected chi connectivity index (χ2v) is 8.27. The number of aryl methyl sites for hydroxylation is 2. The van der Waals surface area contributed by atoms with Crippen LogP contribution in [0.25, 0.3) is 0 Å². The van der Waals surface area contributed by atoms with Gasteiger partial charge in [0.25, 0.3) is 5.91 Å². The number of halogens is 1. The third kappa shape index (κ3) is 6.02. The zero-order valence-corrected chi connectivity index (χ0v) is 19.7. The molecule has 1 aliphatic rings. The van der Waals surface area contributed by atoms with Crippen molar-refractivity contribution in [3.63, 3.8) is 0 Å². The molecule has 34 heavy (non-hydrogen) atoms. The largest absolute Gasteiger partial charge is 0.384 e. The van der Waals surface area contributed by atoms with Gasteiger partial charge in [0.1, 0.15) is 5.84 Å². The van der Waals surface area contributed by atoms with E-state index in [-0.39, 0.29) is 30.1 Å². The Balaban J connectivity index is 0.00000324. The van der Waals surface area contributed by atoms with Crippen molar-refractivity contribution in [2.24, 2.45) is 5.73 Å². The van der Waals surface area contributed by atoms with Crippen LogP contribution in [0, 0.1) is 5.41 Å². The molecule has 0 bridgehead atoms.